The highest BCUT2D eigenvalue weighted by Gasteiger charge is 2.29. The first-order chi connectivity index (χ1) is 8.88. The van der Waals surface area contributed by atoms with Crippen LogP contribution in [0.15, 0.2) is 18.7 Å². The van der Waals surface area contributed by atoms with Crippen molar-refractivity contribution in [1.29, 1.82) is 0 Å². The number of anilines is 1. The van der Waals surface area contributed by atoms with Crippen LogP contribution in [0, 0.1) is 0 Å². The predicted molar refractivity (Wildman–Crippen MR) is 73.8 cm³/mol. The molecule has 0 spiro atoms. The first-order valence-electron chi connectivity index (χ1n) is 5.74. The number of esters is 1. The smallest absolute Gasteiger partial charge is 0.337 e. The number of hydrogen-bond donors (Lipinski definition) is 0. The molecular weight excluding hydrogens is 266 g/mol. The second-order valence-corrected chi connectivity index (χ2v) is 6.25. The lowest BCUT2D eigenvalue weighted by molar-refractivity contribution is 0.0600. The third kappa shape index (κ3) is 2.35. The van der Waals surface area contributed by atoms with E-state index in [1.807, 2.05) is 0 Å². The highest BCUT2D eigenvalue weighted by atomic mass is 32.2. The Morgan fingerprint density at radius 2 is 2.16 bits per heavy atom. The van der Waals surface area contributed by atoms with Crippen LogP contribution in [0.4, 0.5) is 5.69 Å². The third-order valence-corrected chi connectivity index (χ3v) is 4.32. The fourth-order valence-electron chi connectivity index (χ4n) is 2.27. The molecule has 5 nitrogen and oxygen atoms in total. The highest BCUT2D eigenvalue weighted by Crippen LogP contribution is 2.34. The predicted octanol–water partition coefficient (Wildman–Crippen LogP) is 1.44. The van der Waals surface area contributed by atoms with Gasteiger partial charge in [0, 0.05) is 6.54 Å². The molecule has 6 heteroatoms. The van der Waals surface area contributed by atoms with Crippen molar-refractivity contribution >= 4 is 27.8 Å². The molecule has 0 atom stereocenters. The maximum atomic E-state index is 11.7. The fraction of sp³-hybridized carbons (Fsp3) is 0.308. The van der Waals surface area contributed by atoms with Gasteiger partial charge in [-0.2, -0.15) is 0 Å². The lowest BCUT2D eigenvalue weighted by Gasteiger charge is -2.17. The molecule has 0 unspecified atom stereocenters. The Balaban J connectivity index is 2.64. The van der Waals surface area contributed by atoms with Crippen molar-refractivity contribution in [3.05, 3.63) is 35.4 Å². The van der Waals surface area contributed by atoms with Gasteiger partial charge in [-0.05, 0) is 29.7 Å². The Kier molecular flexibility index (Phi) is 3.36. The summed E-state index contributed by atoms with van der Waals surface area (Å²) in [5, 5.41) is 0. The van der Waals surface area contributed by atoms with E-state index in [1.165, 1.54) is 11.4 Å². The highest BCUT2D eigenvalue weighted by molar-refractivity contribution is 7.92. The van der Waals surface area contributed by atoms with E-state index in [2.05, 4.69) is 11.3 Å². The monoisotopic (exact) mass is 281 g/mol. The summed E-state index contributed by atoms with van der Waals surface area (Å²) < 4.78 is 29.4. The van der Waals surface area contributed by atoms with Gasteiger partial charge in [0.2, 0.25) is 10.0 Å². The first kappa shape index (κ1) is 13.6. The zero-order valence-electron chi connectivity index (χ0n) is 10.8. The minimum absolute atomic E-state index is 0.326. The van der Waals surface area contributed by atoms with Crippen LogP contribution in [0.2, 0.25) is 0 Å². The Labute approximate surface area is 112 Å². The van der Waals surface area contributed by atoms with Gasteiger partial charge < -0.3 is 4.74 Å². The SMILES string of the molecule is C=Cc1cc(C(=O)OC)cc2c1CCN2S(C)(=O)=O. The maximum Gasteiger partial charge on any atom is 0.337 e. The van der Waals surface area contributed by atoms with E-state index >= 15 is 0 Å². The van der Waals surface area contributed by atoms with Crippen molar-refractivity contribution in [2.24, 2.45) is 0 Å². The normalized spacial score (nSPS) is 14.1. The largest absolute Gasteiger partial charge is 0.465 e. The van der Waals surface area contributed by atoms with Gasteiger partial charge in [0.05, 0.1) is 24.6 Å². The minimum Gasteiger partial charge on any atom is -0.465 e. The number of ether oxygens (including phenoxy) is 1. The summed E-state index contributed by atoms with van der Waals surface area (Å²) in [5.41, 5.74) is 2.53. The van der Waals surface area contributed by atoms with Gasteiger partial charge in [0.25, 0.3) is 0 Å². The van der Waals surface area contributed by atoms with E-state index in [4.69, 9.17) is 0 Å². The summed E-state index contributed by atoms with van der Waals surface area (Å²) in [4.78, 5) is 11.6. The van der Waals surface area contributed by atoms with Gasteiger partial charge in [-0.15, -0.1) is 0 Å². The molecule has 0 radical (unpaired) electrons. The van der Waals surface area contributed by atoms with Crippen LogP contribution in [0.1, 0.15) is 21.5 Å². The van der Waals surface area contributed by atoms with E-state index < -0.39 is 16.0 Å². The molecule has 0 bridgehead atoms. The van der Waals surface area contributed by atoms with Crippen molar-refractivity contribution < 1.29 is 17.9 Å². The number of methoxy groups -OCH3 is 1. The second-order valence-electron chi connectivity index (χ2n) is 4.34. The molecule has 0 amide bonds. The van der Waals surface area contributed by atoms with E-state index in [-0.39, 0.29) is 0 Å². The lowest BCUT2D eigenvalue weighted by atomic mass is 10.0. The van der Waals surface area contributed by atoms with Crippen LogP contribution in [-0.2, 0) is 21.2 Å². The molecular formula is C13H15NO4S. The van der Waals surface area contributed by atoms with Crippen LogP contribution >= 0.6 is 0 Å². The molecule has 1 heterocycles. The van der Waals surface area contributed by atoms with Crippen molar-refractivity contribution in [1.82, 2.24) is 0 Å². The Hall–Kier alpha value is -1.82. The maximum absolute atomic E-state index is 11.7. The first-order valence-corrected chi connectivity index (χ1v) is 7.58. The molecule has 1 aliphatic heterocycles. The number of rotatable bonds is 3. The number of sulfonamides is 1. The standard InChI is InChI=1S/C13H15NO4S/c1-4-9-7-10(13(15)18-2)8-12-11(9)5-6-14(12)19(3,16)17/h4,7-8H,1,5-6H2,2-3H3. The van der Waals surface area contributed by atoms with Gasteiger partial charge in [0.1, 0.15) is 0 Å². The molecule has 1 aromatic carbocycles. The fourth-order valence-corrected chi connectivity index (χ4v) is 3.21. The molecule has 0 aromatic heterocycles. The summed E-state index contributed by atoms with van der Waals surface area (Å²) in [6, 6.07) is 3.23. The summed E-state index contributed by atoms with van der Waals surface area (Å²) in [6.45, 7) is 4.09. The topological polar surface area (TPSA) is 63.7 Å². The molecule has 1 aliphatic rings. The third-order valence-electron chi connectivity index (χ3n) is 3.14. The molecule has 0 saturated carbocycles. The number of carbonyl (C=O) groups excluding carboxylic acids is 1. The quantitative estimate of drug-likeness (QED) is 0.786. The molecule has 2 rings (SSSR count). The summed E-state index contributed by atoms with van der Waals surface area (Å²) in [7, 11) is -2.05. The van der Waals surface area contributed by atoms with Crippen LogP contribution < -0.4 is 4.31 Å². The van der Waals surface area contributed by atoms with Crippen molar-refractivity contribution in [3.8, 4) is 0 Å². The van der Waals surface area contributed by atoms with Gasteiger partial charge >= 0.3 is 5.97 Å². The number of nitrogens with zero attached hydrogens (tertiary/aromatic N) is 1. The van der Waals surface area contributed by atoms with Crippen molar-refractivity contribution in [3.63, 3.8) is 0 Å². The van der Waals surface area contributed by atoms with Gasteiger partial charge in [-0.25, -0.2) is 13.2 Å². The average Bonchev–Trinajstić information content (AvgIpc) is 2.80. The number of hydrogen-bond acceptors (Lipinski definition) is 4. The van der Waals surface area contributed by atoms with Crippen LogP contribution in [-0.4, -0.2) is 34.3 Å². The van der Waals surface area contributed by atoms with Gasteiger partial charge in [-0.1, -0.05) is 12.7 Å². The minimum atomic E-state index is -3.34. The van der Waals surface area contributed by atoms with E-state index in [9.17, 15) is 13.2 Å². The number of fused-ring (bicyclic) bond motifs is 1. The molecule has 1 aromatic rings. The molecule has 0 saturated heterocycles. The Morgan fingerprint density at radius 1 is 1.47 bits per heavy atom. The molecule has 102 valence electrons. The molecule has 0 aliphatic carbocycles. The molecule has 0 N–H and O–H groups in total. The van der Waals surface area contributed by atoms with E-state index in [0.29, 0.717) is 24.2 Å². The van der Waals surface area contributed by atoms with E-state index in [0.717, 1.165) is 17.4 Å². The average molecular weight is 281 g/mol. The zero-order chi connectivity index (χ0) is 14.2. The molecule has 19 heavy (non-hydrogen) atoms. The Morgan fingerprint density at radius 3 is 2.68 bits per heavy atom. The van der Waals surface area contributed by atoms with Crippen molar-refractivity contribution in [2.45, 2.75) is 6.42 Å². The van der Waals surface area contributed by atoms with Crippen molar-refractivity contribution in [2.75, 3.05) is 24.2 Å². The number of carbonyl (C=O) groups is 1. The zero-order valence-corrected chi connectivity index (χ0v) is 11.7. The van der Waals surface area contributed by atoms with Gasteiger partial charge in [0.15, 0.2) is 0 Å². The number of benzene rings is 1. The lowest BCUT2D eigenvalue weighted by Crippen LogP contribution is -2.27. The second kappa shape index (κ2) is 4.70. The summed E-state index contributed by atoms with van der Waals surface area (Å²) in [6.07, 6.45) is 3.39. The van der Waals surface area contributed by atoms with Crippen LogP contribution in [0.25, 0.3) is 6.08 Å². The van der Waals surface area contributed by atoms with E-state index in [1.54, 1.807) is 18.2 Å². The summed E-state index contributed by atoms with van der Waals surface area (Å²) >= 11 is 0. The van der Waals surface area contributed by atoms with Crippen LogP contribution in [0.3, 0.4) is 0 Å². The molecule has 0 fully saturated rings. The van der Waals surface area contributed by atoms with Gasteiger partial charge in [-0.3, -0.25) is 4.31 Å². The Bertz CT molecular complexity index is 649. The van der Waals surface area contributed by atoms with Crippen LogP contribution in [0.5, 0.6) is 0 Å². The summed E-state index contributed by atoms with van der Waals surface area (Å²) in [5.74, 6) is -0.494.